The van der Waals surface area contributed by atoms with Gasteiger partial charge in [0.2, 0.25) is 0 Å². The molecule has 0 unspecified atom stereocenters. The van der Waals surface area contributed by atoms with Crippen LogP contribution in [-0.4, -0.2) is 25.0 Å². The van der Waals surface area contributed by atoms with Crippen molar-refractivity contribution in [3.63, 3.8) is 0 Å². The van der Waals surface area contributed by atoms with Crippen LogP contribution in [0.3, 0.4) is 0 Å². The summed E-state index contributed by atoms with van der Waals surface area (Å²) < 4.78 is 13.5. The van der Waals surface area contributed by atoms with Gasteiger partial charge in [0, 0.05) is 41.5 Å². The molecule has 0 fully saturated rings. The summed E-state index contributed by atoms with van der Waals surface area (Å²) >= 11 is 1.83. The van der Waals surface area contributed by atoms with Crippen LogP contribution >= 0.6 is 11.3 Å². The van der Waals surface area contributed by atoms with Gasteiger partial charge in [0.25, 0.3) is 0 Å². The van der Waals surface area contributed by atoms with Crippen LogP contribution in [0.15, 0.2) is 36.4 Å². The fourth-order valence-corrected chi connectivity index (χ4v) is 2.92. The normalized spacial score (nSPS) is 11.2. The molecule has 20 heavy (non-hydrogen) atoms. The Morgan fingerprint density at radius 3 is 2.70 bits per heavy atom. The molecule has 0 bridgehead atoms. The summed E-state index contributed by atoms with van der Waals surface area (Å²) in [5.41, 5.74) is 0.754. The number of halogens is 1. The van der Waals surface area contributed by atoms with Crippen LogP contribution < -0.4 is 5.32 Å². The largest absolute Gasteiger partial charge is 0.311 e. The Morgan fingerprint density at radius 1 is 1.20 bits per heavy atom. The average Bonchev–Trinajstić information content (AvgIpc) is 2.83. The zero-order chi connectivity index (χ0) is 14.4. The number of likely N-dealkylation sites (N-methyl/N-ethyl adjacent to an activating group) is 1. The molecule has 0 saturated heterocycles. The lowest BCUT2D eigenvalue weighted by Crippen LogP contribution is -2.28. The first-order chi connectivity index (χ1) is 9.65. The Hall–Kier alpha value is -1.23. The fraction of sp³-hybridized carbons (Fsp3) is 0.375. The van der Waals surface area contributed by atoms with Crippen molar-refractivity contribution >= 4 is 11.3 Å². The molecule has 2 aromatic rings. The highest BCUT2D eigenvalue weighted by Crippen LogP contribution is 2.14. The van der Waals surface area contributed by atoms with Crippen LogP contribution in [0.1, 0.15) is 15.3 Å². The standard InChI is InChI=1S/C16H21FN2S/c1-13-7-8-15(20-13)11-18-9-10-19(2)12-14-5-3-4-6-16(14)17/h3-8,18H,9-12H2,1-2H3. The van der Waals surface area contributed by atoms with Crippen molar-refractivity contribution in [3.8, 4) is 0 Å². The topological polar surface area (TPSA) is 15.3 Å². The van der Waals surface area contributed by atoms with Gasteiger partial charge < -0.3 is 10.2 Å². The molecule has 1 aromatic heterocycles. The maximum atomic E-state index is 13.5. The van der Waals surface area contributed by atoms with E-state index in [9.17, 15) is 4.39 Å². The van der Waals surface area contributed by atoms with Gasteiger partial charge in [0.15, 0.2) is 0 Å². The Labute approximate surface area is 124 Å². The van der Waals surface area contributed by atoms with Crippen LogP contribution in [0.5, 0.6) is 0 Å². The SMILES string of the molecule is Cc1ccc(CNCCN(C)Cc2ccccc2F)s1. The minimum absolute atomic E-state index is 0.124. The molecule has 2 rings (SSSR count). The molecule has 0 aliphatic heterocycles. The Balaban J connectivity index is 1.68. The molecule has 0 spiro atoms. The molecular formula is C16H21FN2S. The highest BCUT2D eigenvalue weighted by atomic mass is 32.1. The van der Waals surface area contributed by atoms with E-state index in [1.165, 1.54) is 15.8 Å². The third kappa shape index (κ3) is 4.71. The number of nitrogens with zero attached hydrogens (tertiary/aromatic N) is 1. The van der Waals surface area contributed by atoms with Crippen molar-refractivity contribution in [1.29, 1.82) is 0 Å². The Bertz CT molecular complexity index is 539. The fourth-order valence-electron chi connectivity index (χ4n) is 2.06. The van der Waals surface area contributed by atoms with E-state index in [0.29, 0.717) is 6.54 Å². The van der Waals surface area contributed by atoms with Gasteiger partial charge in [-0.25, -0.2) is 4.39 Å². The van der Waals surface area contributed by atoms with Crippen LogP contribution in [0.2, 0.25) is 0 Å². The smallest absolute Gasteiger partial charge is 0.127 e. The van der Waals surface area contributed by atoms with Crippen molar-refractivity contribution in [1.82, 2.24) is 10.2 Å². The number of rotatable bonds is 7. The predicted molar refractivity (Wildman–Crippen MR) is 83.5 cm³/mol. The second kappa shape index (κ2) is 7.53. The van der Waals surface area contributed by atoms with Gasteiger partial charge in [-0.3, -0.25) is 0 Å². The predicted octanol–water partition coefficient (Wildman–Crippen LogP) is 3.42. The summed E-state index contributed by atoms with van der Waals surface area (Å²) in [7, 11) is 2.02. The van der Waals surface area contributed by atoms with Crippen LogP contribution in [-0.2, 0) is 13.1 Å². The summed E-state index contributed by atoms with van der Waals surface area (Å²) in [6.45, 7) is 5.48. The van der Waals surface area contributed by atoms with Gasteiger partial charge in [-0.05, 0) is 32.2 Å². The second-order valence-corrected chi connectivity index (χ2v) is 6.39. The van der Waals surface area contributed by atoms with E-state index in [1.54, 1.807) is 6.07 Å². The van der Waals surface area contributed by atoms with E-state index < -0.39 is 0 Å². The van der Waals surface area contributed by atoms with Gasteiger partial charge >= 0.3 is 0 Å². The van der Waals surface area contributed by atoms with E-state index in [1.807, 2.05) is 30.5 Å². The number of hydrogen-bond acceptors (Lipinski definition) is 3. The third-order valence-corrected chi connectivity index (χ3v) is 4.16. The minimum Gasteiger partial charge on any atom is -0.311 e. The third-order valence-electron chi connectivity index (χ3n) is 3.16. The number of aryl methyl sites for hydroxylation is 1. The molecule has 0 aliphatic rings. The lowest BCUT2D eigenvalue weighted by molar-refractivity contribution is 0.319. The minimum atomic E-state index is -0.124. The number of nitrogens with one attached hydrogen (secondary N) is 1. The Kier molecular flexibility index (Phi) is 5.71. The number of benzene rings is 1. The van der Waals surface area contributed by atoms with Crippen LogP contribution in [0.25, 0.3) is 0 Å². The van der Waals surface area contributed by atoms with Gasteiger partial charge in [-0.1, -0.05) is 18.2 Å². The summed E-state index contributed by atoms with van der Waals surface area (Å²) in [6, 6.07) is 11.3. The molecule has 1 heterocycles. The molecule has 0 atom stereocenters. The molecule has 2 nitrogen and oxygen atoms in total. The van der Waals surface area contributed by atoms with Crippen molar-refractivity contribution in [2.24, 2.45) is 0 Å². The highest BCUT2D eigenvalue weighted by molar-refractivity contribution is 7.11. The van der Waals surface area contributed by atoms with Crippen LogP contribution in [0, 0.1) is 12.7 Å². The van der Waals surface area contributed by atoms with E-state index in [-0.39, 0.29) is 5.82 Å². The number of hydrogen-bond donors (Lipinski definition) is 1. The average molecular weight is 292 g/mol. The van der Waals surface area contributed by atoms with Crippen LogP contribution in [0.4, 0.5) is 4.39 Å². The molecular weight excluding hydrogens is 271 g/mol. The maximum Gasteiger partial charge on any atom is 0.127 e. The lowest BCUT2D eigenvalue weighted by atomic mass is 10.2. The van der Waals surface area contributed by atoms with E-state index in [2.05, 4.69) is 29.3 Å². The second-order valence-electron chi connectivity index (χ2n) is 5.02. The molecule has 108 valence electrons. The van der Waals surface area contributed by atoms with E-state index >= 15 is 0 Å². The molecule has 1 N–H and O–H groups in total. The van der Waals surface area contributed by atoms with Crippen molar-refractivity contribution in [2.45, 2.75) is 20.0 Å². The molecule has 0 radical (unpaired) electrons. The monoisotopic (exact) mass is 292 g/mol. The van der Waals surface area contributed by atoms with Gasteiger partial charge in [-0.2, -0.15) is 0 Å². The van der Waals surface area contributed by atoms with Crippen molar-refractivity contribution in [3.05, 3.63) is 57.5 Å². The summed E-state index contributed by atoms with van der Waals surface area (Å²) in [5, 5.41) is 3.42. The van der Waals surface area contributed by atoms with E-state index in [0.717, 1.165) is 25.2 Å². The summed E-state index contributed by atoms with van der Waals surface area (Å²) in [6.07, 6.45) is 0. The zero-order valence-corrected chi connectivity index (χ0v) is 12.8. The van der Waals surface area contributed by atoms with Gasteiger partial charge in [0.05, 0.1) is 0 Å². The lowest BCUT2D eigenvalue weighted by Gasteiger charge is -2.17. The summed E-state index contributed by atoms with van der Waals surface area (Å²) in [4.78, 5) is 4.84. The van der Waals surface area contributed by atoms with Gasteiger partial charge in [0.1, 0.15) is 5.82 Å². The Morgan fingerprint density at radius 2 is 2.00 bits per heavy atom. The van der Waals surface area contributed by atoms with E-state index in [4.69, 9.17) is 0 Å². The molecule has 0 amide bonds. The molecule has 1 aromatic carbocycles. The number of thiophene rings is 1. The van der Waals surface area contributed by atoms with Crippen molar-refractivity contribution < 1.29 is 4.39 Å². The summed E-state index contributed by atoms with van der Waals surface area (Å²) in [5.74, 6) is -0.124. The molecule has 0 aliphatic carbocycles. The maximum absolute atomic E-state index is 13.5. The first-order valence-corrected chi connectivity index (χ1v) is 7.65. The zero-order valence-electron chi connectivity index (χ0n) is 12.0. The van der Waals surface area contributed by atoms with Crippen molar-refractivity contribution in [2.75, 3.05) is 20.1 Å². The highest BCUT2D eigenvalue weighted by Gasteiger charge is 2.04. The molecule has 4 heteroatoms. The quantitative estimate of drug-likeness (QED) is 0.787. The first-order valence-electron chi connectivity index (χ1n) is 6.83. The van der Waals surface area contributed by atoms with Gasteiger partial charge in [-0.15, -0.1) is 11.3 Å². The first kappa shape index (κ1) is 15.2. The molecule has 0 saturated carbocycles.